The first kappa shape index (κ1) is 22.6. The number of aliphatic imine (C=N–C) groups is 1. The van der Waals surface area contributed by atoms with E-state index in [1.165, 1.54) is 30.6 Å². The number of methoxy groups -OCH3 is 1. The second-order valence-corrected chi connectivity index (χ2v) is 10.0. The van der Waals surface area contributed by atoms with Crippen molar-refractivity contribution >= 4 is 44.8 Å². The average Bonchev–Trinajstić information content (AvgIpc) is 3.42. The highest BCUT2D eigenvalue weighted by molar-refractivity contribution is 7.92. The molecule has 2 aliphatic rings. The van der Waals surface area contributed by atoms with E-state index in [0.717, 1.165) is 11.5 Å². The number of hydrogen-bond acceptors (Lipinski definition) is 8. The van der Waals surface area contributed by atoms with Gasteiger partial charge in [-0.1, -0.05) is 24.2 Å². The molecular formula is C20H18ClFN4O4S2. The van der Waals surface area contributed by atoms with Crippen LogP contribution in [0.25, 0.3) is 0 Å². The van der Waals surface area contributed by atoms with E-state index in [4.69, 9.17) is 21.3 Å². The van der Waals surface area contributed by atoms with Crippen LogP contribution >= 0.6 is 22.9 Å². The maximum atomic E-state index is 13.7. The van der Waals surface area contributed by atoms with E-state index in [2.05, 4.69) is 16.3 Å². The third kappa shape index (κ3) is 4.20. The van der Waals surface area contributed by atoms with Gasteiger partial charge in [0.1, 0.15) is 11.9 Å². The molecule has 1 N–H and O–H groups in total. The van der Waals surface area contributed by atoms with Gasteiger partial charge in [0.25, 0.3) is 0 Å². The molecule has 4 rings (SSSR count). The number of nitrogens with zero attached hydrogens (tertiary/aromatic N) is 3. The predicted octanol–water partition coefficient (Wildman–Crippen LogP) is 3.00. The summed E-state index contributed by atoms with van der Waals surface area (Å²) in [7, 11) is -2.46. The van der Waals surface area contributed by atoms with Crippen LogP contribution in [0.1, 0.15) is 23.0 Å². The Labute approximate surface area is 193 Å². The van der Waals surface area contributed by atoms with Gasteiger partial charge in [-0.25, -0.2) is 27.3 Å². The molecule has 0 aliphatic carbocycles. The van der Waals surface area contributed by atoms with Crippen molar-refractivity contribution in [3.63, 3.8) is 0 Å². The van der Waals surface area contributed by atoms with E-state index in [9.17, 15) is 17.6 Å². The predicted molar refractivity (Wildman–Crippen MR) is 119 cm³/mol. The second kappa shape index (κ2) is 8.74. The first-order valence-corrected chi connectivity index (χ1v) is 12.2. The number of halogens is 2. The Kier molecular flexibility index (Phi) is 6.17. The Bertz CT molecular complexity index is 1240. The van der Waals surface area contributed by atoms with Crippen LogP contribution in [-0.4, -0.2) is 49.8 Å². The lowest BCUT2D eigenvalue weighted by atomic mass is 9.94. The van der Waals surface area contributed by atoms with E-state index in [1.54, 1.807) is 16.5 Å². The van der Waals surface area contributed by atoms with Gasteiger partial charge >= 0.3 is 5.97 Å². The summed E-state index contributed by atoms with van der Waals surface area (Å²) < 4.78 is 45.4. The fraction of sp³-hybridized carbons (Fsp3) is 0.250. The van der Waals surface area contributed by atoms with Crippen molar-refractivity contribution in [2.45, 2.75) is 18.5 Å². The molecule has 0 spiro atoms. The highest BCUT2D eigenvalue weighted by atomic mass is 35.5. The zero-order chi connectivity index (χ0) is 23.0. The fourth-order valence-electron chi connectivity index (χ4n) is 3.77. The molecule has 1 aromatic carbocycles. The van der Waals surface area contributed by atoms with E-state index in [-0.39, 0.29) is 23.6 Å². The zero-order valence-corrected chi connectivity index (χ0v) is 19.2. The van der Waals surface area contributed by atoms with Crippen LogP contribution in [0.15, 0.2) is 58.0 Å². The number of hydrogen-bond donors (Lipinski definition) is 1. The lowest BCUT2D eigenvalue weighted by molar-refractivity contribution is -0.136. The Balaban J connectivity index is 1.88. The summed E-state index contributed by atoms with van der Waals surface area (Å²) in [5.41, 5.74) is 1.17. The molecule has 0 amide bonds. The maximum Gasteiger partial charge on any atom is 0.338 e. The standard InChI is InChI=1S/C20H18ClFN4O4S2/c1-3-32(28,29)25-12-9-15-16(20(27)30-2)17(13-5-4-11(22)8-14(13)21)24-18(26(15)10-12)19-23-6-7-31-19/h3-8,12,17,25H,1,9-10H2,2H3/t12-,17-/m0/s1. The molecule has 0 unspecified atom stereocenters. The van der Waals surface area contributed by atoms with Crippen molar-refractivity contribution in [3.05, 3.63) is 74.4 Å². The van der Waals surface area contributed by atoms with Crippen molar-refractivity contribution in [3.8, 4) is 0 Å². The van der Waals surface area contributed by atoms with Crippen LogP contribution < -0.4 is 4.72 Å². The van der Waals surface area contributed by atoms with Gasteiger partial charge in [0.15, 0.2) is 10.8 Å². The fourth-order valence-corrected chi connectivity index (χ4v) is 5.40. The number of thiazole rings is 1. The normalized spacial score (nSPS) is 20.7. The Morgan fingerprint density at radius 2 is 2.25 bits per heavy atom. The molecule has 2 aliphatic heterocycles. The van der Waals surface area contributed by atoms with Gasteiger partial charge in [-0.05, 0) is 12.1 Å². The smallest absolute Gasteiger partial charge is 0.338 e. The molecular weight excluding hydrogens is 479 g/mol. The summed E-state index contributed by atoms with van der Waals surface area (Å²) in [5.74, 6) is -0.690. The average molecular weight is 497 g/mol. The summed E-state index contributed by atoms with van der Waals surface area (Å²) >= 11 is 7.66. The number of ether oxygens (including phenoxy) is 1. The van der Waals surface area contributed by atoms with Crippen molar-refractivity contribution in [2.24, 2.45) is 4.99 Å². The van der Waals surface area contributed by atoms with Gasteiger partial charge in [0.05, 0.1) is 12.7 Å². The van der Waals surface area contributed by atoms with E-state index in [1.807, 2.05) is 0 Å². The SMILES string of the molecule is C=CS(=O)(=O)N[C@H]1CC2=C(C(=O)OC)[C@H](c3ccc(F)cc3Cl)N=C(c3nccs3)N2C1. The molecule has 2 aromatic rings. The zero-order valence-electron chi connectivity index (χ0n) is 16.8. The number of rotatable bonds is 6. The molecule has 168 valence electrons. The van der Waals surface area contributed by atoms with Crippen LogP contribution in [0.2, 0.25) is 5.02 Å². The Morgan fingerprint density at radius 3 is 2.88 bits per heavy atom. The quantitative estimate of drug-likeness (QED) is 0.617. The molecule has 0 radical (unpaired) electrons. The molecule has 1 fully saturated rings. The summed E-state index contributed by atoms with van der Waals surface area (Å²) in [6.45, 7) is 3.55. The largest absolute Gasteiger partial charge is 0.466 e. The minimum Gasteiger partial charge on any atom is -0.466 e. The first-order chi connectivity index (χ1) is 15.2. The van der Waals surface area contributed by atoms with Crippen LogP contribution in [0.5, 0.6) is 0 Å². The van der Waals surface area contributed by atoms with Crippen molar-refractivity contribution < 1.29 is 22.3 Å². The number of fused-ring (bicyclic) bond motifs is 1. The minimum absolute atomic E-state index is 0.106. The van der Waals surface area contributed by atoms with Gasteiger partial charge in [-0.2, -0.15) is 0 Å². The Hall–Kier alpha value is -2.60. The second-order valence-electron chi connectivity index (χ2n) is 7.05. The number of amidine groups is 1. The molecule has 2 atom stereocenters. The van der Waals surface area contributed by atoms with Crippen molar-refractivity contribution in [1.82, 2.24) is 14.6 Å². The molecule has 0 bridgehead atoms. The van der Waals surface area contributed by atoms with Gasteiger partial charge in [0.2, 0.25) is 10.0 Å². The molecule has 1 aromatic heterocycles. The molecule has 3 heterocycles. The van der Waals surface area contributed by atoms with E-state index >= 15 is 0 Å². The number of esters is 1. The van der Waals surface area contributed by atoms with E-state index < -0.39 is 33.9 Å². The number of sulfonamides is 1. The van der Waals surface area contributed by atoms with Crippen LogP contribution in [-0.2, 0) is 19.6 Å². The van der Waals surface area contributed by atoms with Crippen molar-refractivity contribution in [2.75, 3.05) is 13.7 Å². The highest BCUT2D eigenvalue weighted by Gasteiger charge is 2.43. The molecule has 8 nitrogen and oxygen atoms in total. The van der Waals surface area contributed by atoms with Gasteiger partial charge in [-0.15, -0.1) is 11.3 Å². The highest BCUT2D eigenvalue weighted by Crippen LogP contribution is 2.42. The summed E-state index contributed by atoms with van der Waals surface area (Å²) in [5, 5.41) is 3.30. The topological polar surface area (TPSA) is 101 Å². The molecule has 32 heavy (non-hydrogen) atoms. The molecule has 12 heteroatoms. The van der Waals surface area contributed by atoms with Crippen LogP contribution in [0.3, 0.4) is 0 Å². The summed E-state index contributed by atoms with van der Waals surface area (Å²) in [4.78, 5) is 23.7. The van der Waals surface area contributed by atoms with Crippen LogP contribution in [0, 0.1) is 5.82 Å². The lowest BCUT2D eigenvalue weighted by Crippen LogP contribution is -2.39. The van der Waals surface area contributed by atoms with Crippen LogP contribution in [0.4, 0.5) is 4.39 Å². The third-order valence-corrected chi connectivity index (χ3v) is 7.29. The third-order valence-electron chi connectivity index (χ3n) is 5.10. The number of carbonyl (C=O) groups excluding carboxylic acids is 1. The molecule has 0 saturated carbocycles. The number of benzene rings is 1. The monoisotopic (exact) mass is 496 g/mol. The Morgan fingerprint density at radius 1 is 1.47 bits per heavy atom. The number of carbonyl (C=O) groups is 1. The maximum absolute atomic E-state index is 13.7. The summed E-state index contributed by atoms with van der Waals surface area (Å²) in [6, 6.07) is 2.44. The van der Waals surface area contributed by atoms with Gasteiger partial charge in [0, 0.05) is 52.3 Å². The first-order valence-electron chi connectivity index (χ1n) is 9.40. The molecule has 1 saturated heterocycles. The van der Waals surface area contributed by atoms with Crippen molar-refractivity contribution in [1.29, 1.82) is 0 Å². The minimum atomic E-state index is -3.70. The summed E-state index contributed by atoms with van der Waals surface area (Å²) in [6.07, 6.45) is 1.83. The number of aromatic nitrogens is 1. The van der Waals surface area contributed by atoms with Gasteiger partial charge < -0.3 is 9.64 Å². The number of nitrogens with one attached hydrogen (secondary N) is 1. The lowest BCUT2D eigenvalue weighted by Gasteiger charge is -2.31. The van der Waals surface area contributed by atoms with E-state index in [0.29, 0.717) is 22.1 Å². The van der Waals surface area contributed by atoms with Gasteiger partial charge in [-0.3, -0.25) is 4.99 Å².